The molecule has 0 aliphatic heterocycles. The molecule has 0 saturated heterocycles. The van der Waals surface area contributed by atoms with Crippen molar-refractivity contribution in [3.05, 3.63) is 21.0 Å². The molecule has 0 fully saturated rings. The number of methoxy groups -OCH3 is 1. The maximum Gasteiger partial charge on any atom is 0.283 e. The van der Waals surface area contributed by atoms with Gasteiger partial charge in [-0.3, -0.25) is 4.79 Å². The number of nitrogens with one attached hydrogen (secondary N) is 1. The lowest BCUT2D eigenvalue weighted by Crippen LogP contribution is -2.27. The van der Waals surface area contributed by atoms with Crippen LogP contribution in [0.15, 0.2) is 15.5 Å². The molecule has 0 amide bonds. The molecule has 1 aromatic rings. The fourth-order valence-corrected chi connectivity index (χ4v) is 2.10. The van der Waals surface area contributed by atoms with E-state index in [-0.39, 0.29) is 11.6 Å². The Hall–Kier alpha value is -0.880. The minimum atomic E-state index is -0.0994. The molecule has 108 valence electrons. The third-order valence-corrected chi connectivity index (χ3v) is 3.45. The molecule has 1 heterocycles. The zero-order chi connectivity index (χ0) is 14.4. The average molecular weight is 332 g/mol. The summed E-state index contributed by atoms with van der Waals surface area (Å²) in [6.45, 7) is 7.47. The van der Waals surface area contributed by atoms with Crippen LogP contribution in [0.3, 0.4) is 0 Å². The van der Waals surface area contributed by atoms with Gasteiger partial charge in [0.05, 0.1) is 11.9 Å². The molecule has 6 heteroatoms. The number of hydrogen-bond donors (Lipinski definition) is 1. The Bertz CT molecular complexity index is 460. The third-order valence-electron chi connectivity index (χ3n) is 2.68. The predicted molar refractivity (Wildman–Crippen MR) is 80.6 cm³/mol. The Labute approximate surface area is 122 Å². The summed E-state index contributed by atoms with van der Waals surface area (Å²) in [5.74, 6) is 0.386. The molecule has 0 saturated carbocycles. The lowest BCUT2D eigenvalue weighted by Gasteiger charge is -2.16. The number of halogens is 1. The van der Waals surface area contributed by atoms with Crippen LogP contribution in [0.4, 0.5) is 5.69 Å². The first-order valence-electron chi connectivity index (χ1n) is 6.46. The quantitative estimate of drug-likeness (QED) is 0.834. The van der Waals surface area contributed by atoms with Crippen LogP contribution in [-0.4, -0.2) is 29.5 Å². The van der Waals surface area contributed by atoms with Gasteiger partial charge >= 0.3 is 0 Å². The molecule has 1 unspecified atom stereocenters. The maximum absolute atomic E-state index is 12.1. The van der Waals surface area contributed by atoms with Crippen LogP contribution >= 0.6 is 15.9 Å². The highest BCUT2D eigenvalue weighted by Gasteiger charge is 2.11. The highest BCUT2D eigenvalue weighted by atomic mass is 79.9. The molecule has 19 heavy (non-hydrogen) atoms. The molecule has 0 aromatic carbocycles. The monoisotopic (exact) mass is 331 g/mol. The summed E-state index contributed by atoms with van der Waals surface area (Å²) in [4.78, 5) is 12.1. The van der Waals surface area contributed by atoms with E-state index in [0.29, 0.717) is 23.5 Å². The topological polar surface area (TPSA) is 56.1 Å². The molecule has 0 spiro atoms. The SMILES string of the molecule is COCCC(C)Nc1cnn(CC(C)C)c(=O)c1Br. The van der Waals surface area contributed by atoms with Crippen molar-refractivity contribution in [2.45, 2.75) is 39.8 Å². The summed E-state index contributed by atoms with van der Waals surface area (Å²) in [5, 5.41) is 7.46. The zero-order valence-electron chi connectivity index (χ0n) is 11.9. The van der Waals surface area contributed by atoms with Gasteiger partial charge in [0.25, 0.3) is 5.56 Å². The van der Waals surface area contributed by atoms with E-state index in [1.807, 2.05) is 6.92 Å². The Morgan fingerprint density at radius 2 is 2.16 bits per heavy atom. The van der Waals surface area contributed by atoms with E-state index in [2.05, 4.69) is 40.2 Å². The van der Waals surface area contributed by atoms with E-state index in [0.717, 1.165) is 12.1 Å². The lowest BCUT2D eigenvalue weighted by molar-refractivity contribution is 0.191. The van der Waals surface area contributed by atoms with Crippen molar-refractivity contribution in [1.82, 2.24) is 9.78 Å². The standard InChI is InChI=1S/C13H22BrN3O2/c1-9(2)8-17-13(18)12(14)11(7-15-17)16-10(3)5-6-19-4/h7,9-10,16H,5-6,8H2,1-4H3. The normalized spacial score (nSPS) is 12.7. The summed E-state index contributed by atoms with van der Waals surface area (Å²) in [5.41, 5.74) is 0.631. The van der Waals surface area contributed by atoms with Crippen molar-refractivity contribution in [2.24, 2.45) is 5.92 Å². The third kappa shape index (κ3) is 4.95. The number of hydrogen-bond acceptors (Lipinski definition) is 4. The van der Waals surface area contributed by atoms with E-state index < -0.39 is 0 Å². The van der Waals surface area contributed by atoms with Crippen LogP contribution in [0, 0.1) is 5.92 Å². The number of ether oxygens (including phenoxy) is 1. The van der Waals surface area contributed by atoms with Crippen molar-refractivity contribution in [1.29, 1.82) is 0 Å². The second kappa shape index (κ2) is 7.65. The molecule has 0 radical (unpaired) electrons. The largest absolute Gasteiger partial charge is 0.385 e. The second-order valence-electron chi connectivity index (χ2n) is 5.08. The summed E-state index contributed by atoms with van der Waals surface area (Å²) in [6.07, 6.45) is 2.56. The number of nitrogens with zero attached hydrogens (tertiary/aromatic N) is 2. The fourth-order valence-electron chi connectivity index (χ4n) is 1.67. The number of rotatable bonds is 7. The molecule has 0 bridgehead atoms. The van der Waals surface area contributed by atoms with Gasteiger partial charge in [0, 0.05) is 26.3 Å². The van der Waals surface area contributed by atoms with Gasteiger partial charge in [0.2, 0.25) is 0 Å². The molecule has 1 rings (SSSR count). The molecule has 1 aromatic heterocycles. The van der Waals surface area contributed by atoms with E-state index in [1.54, 1.807) is 13.3 Å². The van der Waals surface area contributed by atoms with Gasteiger partial charge in [0.1, 0.15) is 4.47 Å². The first kappa shape index (κ1) is 16.2. The molecular formula is C13H22BrN3O2. The lowest BCUT2D eigenvalue weighted by atomic mass is 10.2. The van der Waals surface area contributed by atoms with Gasteiger partial charge in [0.15, 0.2) is 0 Å². The van der Waals surface area contributed by atoms with Crippen LogP contribution < -0.4 is 10.9 Å². The predicted octanol–water partition coefficient (Wildman–Crippen LogP) is 2.50. The summed E-state index contributed by atoms with van der Waals surface area (Å²) in [7, 11) is 1.68. The van der Waals surface area contributed by atoms with Crippen molar-refractivity contribution in [3.63, 3.8) is 0 Å². The van der Waals surface area contributed by atoms with Crippen molar-refractivity contribution >= 4 is 21.6 Å². The van der Waals surface area contributed by atoms with E-state index in [1.165, 1.54) is 4.68 Å². The average Bonchev–Trinajstić information content (AvgIpc) is 2.35. The van der Waals surface area contributed by atoms with Crippen LogP contribution in [0.1, 0.15) is 27.2 Å². The fraction of sp³-hybridized carbons (Fsp3) is 0.692. The van der Waals surface area contributed by atoms with Gasteiger partial charge in [-0.05, 0) is 35.2 Å². The molecule has 1 atom stereocenters. The van der Waals surface area contributed by atoms with Crippen LogP contribution in [-0.2, 0) is 11.3 Å². The zero-order valence-corrected chi connectivity index (χ0v) is 13.5. The number of anilines is 1. The maximum atomic E-state index is 12.1. The first-order valence-corrected chi connectivity index (χ1v) is 7.26. The van der Waals surface area contributed by atoms with Crippen LogP contribution in [0.5, 0.6) is 0 Å². The van der Waals surface area contributed by atoms with Gasteiger partial charge in [-0.25, -0.2) is 4.68 Å². The first-order chi connectivity index (χ1) is 8.95. The molecular weight excluding hydrogens is 310 g/mol. The van der Waals surface area contributed by atoms with Crippen molar-refractivity contribution < 1.29 is 4.74 Å². The van der Waals surface area contributed by atoms with E-state index >= 15 is 0 Å². The molecule has 1 N–H and O–H groups in total. The Balaban J connectivity index is 2.81. The highest BCUT2D eigenvalue weighted by molar-refractivity contribution is 9.10. The Morgan fingerprint density at radius 1 is 1.47 bits per heavy atom. The second-order valence-corrected chi connectivity index (χ2v) is 5.87. The summed E-state index contributed by atoms with van der Waals surface area (Å²) in [6, 6.07) is 0.221. The van der Waals surface area contributed by atoms with Gasteiger partial charge in [-0.2, -0.15) is 5.10 Å². The van der Waals surface area contributed by atoms with Gasteiger partial charge < -0.3 is 10.1 Å². The van der Waals surface area contributed by atoms with E-state index in [4.69, 9.17) is 4.74 Å². The Morgan fingerprint density at radius 3 is 2.74 bits per heavy atom. The molecule has 0 aliphatic carbocycles. The van der Waals surface area contributed by atoms with Crippen LogP contribution in [0.2, 0.25) is 0 Å². The van der Waals surface area contributed by atoms with Crippen molar-refractivity contribution in [2.75, 3.05) is 19.0 Å². The van der Waals surface area contributed by atoms with Gasteiger partial charge in [-0.15, -0.1) is 0 Å². The Kier molecular flexibility index (Phi) is 6.51. The van der Waals surface area contributed by atoms with Crippen molar-refractivity contribution in [3.8, 4) is 0 Å². The van der Waals surface area contributed by atoms with E-state index in [9.17, 15) is 4.79 Å². The summed E-state index contributed by atoms with van der Waals surface area (Å²) >= 11 is 3.35. The van der Waals surface area contributed by atoms with Gasteiger partial charge in [-0.1, -0.05) is 13.8 Å². The highest BCUT2D eigenvalue weighted by Crippen LogP contribution is 2.18. The number of aromatic nitrogens is 2. The summed E-state index contributed by atoms with van der Waals surface area (Å²) < 4.78 is 7.05. The molecule has 0 aliphatic rings. The molecule has 5 nitrogen and oxygen atoms in total. The minimum absolute atomic E-state index is 0.0994. The smallest absolute Gasteiger partial charge is 0.283 e. The van der Waals surface area contributed by atoms with Crippen LogP contribution in [0.25, 0.3) is 0 Å². The minimum Gasteiger partial charge on any atom is -0.385 e.